The van der Waals surface area contributed by atoms with Crippen LogP contribution >= 0.6 is 11.8 Å². The lowest BCUT2D eigenvalue weighted by atomic mass is 10.2. The van der Waals surface area contributed by atoms with E-state index in [-0.39, 0.29) is 6.04 Å². The molecule has 14 heavy (non-hydrogen) atoms. The highest BCUT2D eigenvalue weighted by Crippen LogP contribution is 2.13. The maximum absolute atomic E-state index is 6.02. The molecule has 0 aromatic carbocycles. The van der Waals surface area contributed by atoms with Gasteiger partial charge in [-0.3, -0.25) is 0 Å². The summed E-state index contributed by atoms with van der Waals surface area (Å²) in [4.78, 5) is 0. The Bertz CT molecular complexity index is 261. The first-order chi connectivity index (χ1) is 6.79. The smallest absolute Gasteiger partial charge is 0.149 e. The fourth-order valence-electron chi connectivity index (χ4n) is 1.34. The first-order valence-electron chi connectivity index (χ1n) is 4.91. The van der Waals surface area contributed by atoms with E-state index in [1.54, 1.807) is 6.33 Å². The lowest BCUT2D eigenvalue weighted by molar-refractivity contribution is 0.568. The van der Waals surface area contributed by atoms with Crippen molar-refractivity contribution in [1.82, 2.24) is 14.8 Å². The first-order valence-corrected chi connectivity index (χ1v) is 6.31. The molecule has 1 heterocycles. The maximum atomic E-state index is 6.02. The van der Waals surface area contributed by atoms with Gasteiger partial charge < -0.3 is 10.3 Å². The Morgan fingerprint density at radius 3 is 3.07 bits per heavy atom. The number of hydrogen-bond acceptors (Lipinski definition) is 4. The topological polar surface area (TPSA) is 56.7 Å². The van der Waals surface area contributed by atoms with Crippen molar-refractivity contribution in [3.63, 3.8) is 0 Å². The Balaban J connectivity index is 2.58. The van der Waals surface area contributed by atoms with Gasteiger partial charge in [0.25, 0.3) is 0 Å². The molecule has 0 radical (unpaired) electrons. The molecule has 0 saturated carbocycles. The molecule has 5 heteroatoms. The second-order valence-electron chi connectivity index (χ2n) is 3.27. The number of aryl methyl sites for hydroxylation is 1. The number of nitrogens with two attached hydrogens (primary N) is 1. The molecule has 2 N–H and O–H groups in total. The molecular weight excluding hydrogens is 196 g/mol. The molecule has 80 valence electrons. The standard InChI is InChI=1S/C9H18N4S/c1-3-5-13-7-11-12-9(13)8(10)4-6-14-2/h7-8H,3-6,10H2,1-2H3. The van der Waals surface area contributed by atoms with Crippen molar-refractivity contribution in [1.29, 1.82) is 0 Å². The highest BCUT2D eigenvalue weighted by molar-refractivity contribution is 7.98. The molecule has 1 unspecified atom stereocenters. The minimum Gasteiger partial charge on any atom is -0.321 e. The van der Waals surface area contributed by atoms with Crippen LogP contribution in [0.5, 0.6) is 0 Å². The van der Waals surface area contributed by atoms with Gasteiger partial charge in [0, 0.05) is 6.54 Å². The van der Waals surface area contributed by atoms with Gasteiger partial charge in [-0.2, -0.15) is 11.8 Å². The molecule has 1 atom stereocenters. The largest absolute Gasteiger partial charge is 0.321 e. The van der Waals surface area contributed by atoms with Crippen LogP contribution in [0.25, 0.3) is 0 Å². The Labute approximate surface area is 89.3 Å². The second-order valence-corrected chi connectivity index (χ2v) is 4.26. The minimum atomic E-state index is 0.0245. The van der Waals surface area contributed by atoms with E-state index in [0.717, 1.165) is 31.0 Å². The van der Waals surface area contributed by atoms with Crippen LogP contribution in [0.4, 0.5) is 0 Å². The molecular formula is C9H18N4S. The molecule has 0 aliphatic heterocycles. The summed E-state index contributed by atoms with van der Waals surface area (Å²) in [5.74, 6) is 1.99. The molecule has 0 aliphatic rings. The van der Waals surface area contributed by atoms with E-state index in [1.165, 1.54) is 0 Å². The van der Waals surface area contributed by atoms with E-state index in [1.807, 2.05) is 16.3 Å². The second kappa shape index (κ2) is 6.03. The zero-order valence-electron chi connectivity index (χ0n) is 8.81. The van der Waals surface area contributed by atoms with Gasteiger partial charge in [-0.25, -0.2) is 0 Å². The molecule has 0 bridgehead atoms. The van der Waals surface area contributed by atoms with E-state index in [0.29, 0.717) is 0 Å². The Hall–Kier alpha value is -0.550. The molecule has 0 spiro atoms. The maximum Gasteiger partial charge on any atom is 0.149 e. The van der Waals surface area contributed by atoms with Gasteiger partial charge >= 0.3 is 0 Å². The van der Waals surface area contributed by atoms with Gasteiger partial charge in [-0.15, -0.1) is 10.2 Å². The number of aromatic nitrogens is 3. The van der Waals surface area contributed by atoms with Gasteiger partial charge in [-0.1, -0.05) is 6.92 Å². The SMILES string of the molecule is CCCn1cnnc1C(N)CCSC. The third-order valence-electron chi connectivity index (χ3n) is 2.07. The number of rotatable bonds is 6. The zero-order chi connectivity index (χ0) is 10.4. The summed E-state index contributed by atoms with van der Waals surface area (Å²) in [7, 11) is 0. The number of nitrogens with zero attached hydrogens (tertiary/aromatic N) is 3. The molecule has 0 aliphatic carbocycles. The molecule has 1 aromatic rings. The summed E-state index contributed by atoms with van der Waals surface area (Å²) in [6.45, 7) is 3.09. The summed E-state index contributed by atoms with van der Waals surface area (Å²) < 4.78 is 2.05. The molecule has 0 fully saturated rings. The fourth-order valence-corrected chi connectivity index (χ4v) is 1.83. The summed E-state index contributed by atoms with van der Waals surface area (Å²) in [5, 5.41) is 7.96. The summed E-state index contributed by atoms with van der Waals surface area (Å²) in [5.41, 5.74) is 6.02. The zero-order valence-corrected chi connectivity index (χ0v) is 9.63. The predicted octanol–water partition coefficient (Wildman–Crippen LogP) is 1.44. The van der Waals surface area contributed by atoms with Gasteiger partial charge in [0.05, 0.1) is 6.04 Å². The summed E-state index contributed by atoms with van der Waals surface area (Å²) in [6, 6.07) is 0.0245. The highest BCUT2D eigenvalue weighted by Gasteiger charge is 2.12. The van der Waals surface area contributed by atoms with Crippen molar-refractivity contribution >= 4 is 11.8 Å². The number of hydrogen-bond donors (Lipinski definition) is 1. The van der Waals surface area contributed by atoms with E-state index in [9.17, 15) is 0 Å². The first kappa shape index (κ1) is 11.5. The number of thioether (sulfide) groups is 1. The van der Waals surface area contributed by atoms with Crippen molar-refractivity contribution in [2.75, 3.05) is 12.0 Å². The van der Waals surface area contributed by atoms with Crippen molar-refractivity contribution < 1.29 is 0 Å². The van der Waals surface area contributed by atoms with Gasteiger partial charge in [0.15, 0.2) is 0 Å². The van der Waals surface area contributed by atoms with Gasteiger partial charge in [-0.05, 0) is 24.9 Å². The lowest BCUT2D eigenvalue weighted by Crippen LogP contribution is -2.17. The molecule has 0 amide bonds. The van der Waals surface area contributed by atoms with Gasteiger partial charge in [0.2, 0.25) is 0 Å². The van der Waals surface area contributed by atoms with Crippen LogP contribution in [0.3, 0.4) is 0 Å². The Kier molecular flexibility index (Phi) is 4.97. The van der Waals surface area contributed by atoms with Crippen LogP contribution in [-0.4, -0.2) is 26.8 Å². The van der Waals surface area contributed by atoms with Crippen molar-refractivity contribution in [3.05, 3.63) is 12.2 Å². The molecule has 4 nitrogen and oxygen atoms in total. The van der Waals surface area contributed by atoms with E-state index in [4.69, 9.17) is 5.73 Å². The quantitative estimate of drug-likeness (QED) is 0.778. The van der Waals surface area contributed by atoms with Crippen LogP contribution in [0.1, 0.15) is 31.6 Å². The van der Waals surface area contributed by atoms with Gasteiger partial charge in [0.1, 0.15) is 12.2 Å². The third-order valence-corrected chi connectivity index (χ3v) is 2.72. The fraction of sp³-hybridized carbons (Fsp3) is 0.778. The van der Waals surface area contributed by atoms with Crippen LogP contribution in [-0.2, 0) is 6.54 Å². The lowest BCUT2D eigenvalue weighted by Gasteiger charge is -2.11. The summed E-state index contributed by atoms with van der Waals surface area (Å²) in [6.07, 6.45) is 5.89. The van der Waals surface area contributed by atoms with Crippen LogP contribution in [0, 0.1) is 0 Å². The average molecular weight is 214 g/mol. The normalized spacial score (nSPS) is 13.1. The Morgan fingerprint density at radius 2 is 2.43 bits per heavy atom. The molecule has 0 saturated heterocycles. The van der Waals surface area contributed by atoms with Crippen molar-refractivity contribution in [3.8, 4) is 0 Å². The van der Waals surface area contributed by atoms with Crippen LogP contribution < -0.4 is 5.73 Å². The van der Waals surface area contributed by atoms with E-state index >= 15 is 0 Å². The predicted molar refractivity (Wildman–Crippen MR) is 60.2 cm³/mol. The third kappa shape index (κ3) is 2.99. The van der Waals surface area contributed by atoms with Crippen LogP contribution in [0.15, 0.2) is 6.33 Å². The van der Waals surface area contributed by atoms with Crippen molar-refractivity contribution in [2.45, 2.75) is 32.4 Å². The Morgan fingerprint density at radius 1 is 1.64 bits per heavy atom. The molecule has 1 rings (SSSR count). The average Bonchev–Trinajstić information content (AvgIpc) is 2.63. The monoisotopic (exact) mass is 214 g/mol. The van der Waals surface area contributed by atoms with Crippen LogP contribution in [0.2, 0.25) is 0 Å². The van der Waals surface area contributed by atoms with Crippen molar-refractivity contribution in [2.24, 2.45) is 5.73 Å². The highest BCUT2D eigenvalue weighted by atomic mass is 32.2. The van der Waals surface area contributed by atoms with E-state index < -0.39 is 0 Å². The summed E-state index contributed by atoms with van der Waals surface area (Å²) >= 11 is 1.81. The van der Waals surface area contributed by atoms with E-state index in [2.05, 4.69) is 23.4 Å². The minimum absolute atomic E-state index is 0.0245. The molecule has 1 aromatic heterocycles.